The fraction of sp³-hybridized carbons (Fsp3) is 0.389. The Labute approximate surface area is 142 Å². The Bertz CT molecular complexity index is 626. The van der Waals surface area contributed by atoms with E-state index in [2.05, 4.69) is 34.3 Å². The molecular weight excluding hydrogens is 306 g/mol. The summed E-state index contributed by atoms with van der Waals surface area (Å²) in [7, 11) is 0. The summed E-state index contributed by atoms with van der Waals surface area (Å²) in [6.45, 7) is 6.67. The summed E-state index contributed by atoms with van der Waals surface area (Å²) in [5.41, 5.74) is 3.12. The van der Waals surface area contributed by atoms with Gasteiger partial charge in [-0.15, -0.1) is 0 Å². The van der Waals surface area contributed by atoms with E-state index in [0.29, 0.717) is 23.4 Å². The molecule has 0 bridgehead atoms. The number of carbonyl (C=O) groups is 1. The molecule has 122 valence electrons. The Morgan fingerprint density at radius 2 is 1.83 bits per heavy atom. The Balaban J connectivity index is 1.82. The molecule has 2 rings (SSSR count). The molecule has 0 spiro atoms. The molecule has 1 unspecified atom stereocenters. The maximum absolute atomic E-state index is 12.1. The zero-order valence-corrected chi connectivity index (χ0v) is 14.7. The largest absolute Gasteiger partial charge is 0.355 e. The number of hydrogen-bond donors (Lipinski definition) is 1. The van der Waals surface area contributed by atoms with Gasteiger partial charge in [-0.2, -0.15) is 0 Å². The summed E-state index contributed by atoms with van der Waals surface area (Å²) in [5, 5.41) is 3.68. The summed E-state index contributed by atoms with van der Waals surface area (Å²) in [4.78, 5) is 20.7. The Morgan fingerprint density at radius 3 is 2.43 bits per heavy atom. The third-order valence-corrected chi connectivity index (χ3v) is 4.45. The number of amides is 1. The summed E-state index contributed by atoms with van der Waals surface area (Å²) in [5.74, 6) is 0.712. The number of carbonyl (C=O) groups excluding carboxylic acids is 1. The van der Waals surface area contributed by atoms with Gasteiger partial charge in [0.2, 0.25) is 5.91 Å². The molecule has 0 radical (unpaired) electrons. The van der Waals surface area contributed by atoms with Gasteiger partial charge >= 0.3 is 0 Å². The van der Waals surface area contributed by atoms with Crippen molar-refractivity contribution in [2.75, 3.05) is 12.3 Å². The fourth-order valence-corrected chi connectivity index (χ4v) is 3.18. The standard InChI is InChI=1S/C18H23N3OS/c1-4-15(16-8-6-5-7-9-16)11-19-17(22)12-23-18-20-13(2)10-14(3)21-18/h5-10,15H,4,11-12H2,1-3H3,(H,19,22). The number of nitrogens with one attached hydrogen (secondary N) is 1. The van der Waals surface area contributed by atoms with Crippen molar-refractivity contribution in [3.8, 4) is 0 Å². The third-order valence-electron chi connectivity index (χ3n) is 3.60. The number of nitrogens with zero attached hydrogens (tertiary/aromatic N) is 2. The van der Waals surface area contributed by atoms with Crippen LogP contribution in [0, 0.1) is 13.8 Å². The molecule has 5 heteroatoms. The smallest absolute Gasteiger partial charge is 0.230 e. The lowest BCUT2D eigenvalue weighted by molar-refractivity contribution is -0.118. The lowest BCUT2D eigenvalue weighted by atomic mass is 9.96. The molecule has 1 aromatic carbocycles. The topological polar surface area (TPSA) is 54.9 Å². The van der Waals surface area contributed by atoms with Crippen molar-refractivity contribution in [2.24, 2.45) is 0 Å². The zero-order valence-electron chi connectivity index (χ0n) is 13.9. The summed E-state index contributed by atoms with van der Waals surface area (Å²) in [6, 6.07) is 12.2. The van der Waals surface area contributed by atoms with E-state index in [0.717, 1.165) is 17.8 Å². The quantitative estimate of drug-likeness (QED) is 0.624. The lowest BCUT2D eigenvalue weighted by Crippen LogP contribution is -2.29. The molecule has 0 saturated carbocycles. The van der Waals surface area contributed by atoms with Crippen LogP contribution in [0.5, 0.6) is 0 Å². The van der Waals surface area contributed by atoms with E-state index in [9.17, 15) is 4.79 Å². The van der Waals surface area contributed by atoms with E-state index < -0.39 is 0 Å². The highest BCUT2D eigenvalue weighted by molar-refractivity contribution is 7.99. The van der Waals surface area contributed by atoms with Crippen LogP contribution in [0.3, 0.4) is 0 Å². The van der Waals surface area contributed by atoms with Crippen LogP contribution in [0.1, 0.15) is 36.2 Å². The lowest BCUT2D eigenvalue weighted by Gasteiger charge is -2.16. The molecule has 0 saturated heterocycles. The van der Waals surface area contributed by atoms with Crippen LogP contribution < -0.4 is 5.32 Å². The first-order chi connectivity index (χ1) is 11.1. The first-order valence-electron chi connectivity index (χ1n) is 7.85. The molecule has 0 aliphatic heterocycles. The van der Waals surface area contributed by atoms with Crippen LogP contribution in [0.4, 0.5) is 0 Å². The van der Waals surface area contributed by atoms with Crippen LogP contribution >= 0.6 is 11.8 Å². The highest BCUT2D eigenvalue weighted by atomic mass is 32.2. The number of rotatable bonds is 7. The minimum atomic E-state index is 0.0205. The Kier molecular flexibility index (Phi) is 6.59. The monoisotopic (exact) mass is 329 g/mol. The molecule has 1 heterocycles. The molecule has 4 nitrogen and oxygen atoms in total. The Morgan fingerprint density at radius 1 is 1.17 bits per heavy atom. The van der Waals surface area contributed by atoms with Crippen molar-refractivity contribution in [2.45, 2.75) is 38.3 Å². The van der Waals surface area contributed by atoms with Gasteiger partial charge in [-0.05, 0) is 31.9 Å². The molecule has 1 aromatic heterocycles. The number of benzene rings is 1. The van der Waals surface area contributed by atoms with Crippen LogP contribution in [0.25, 0.3) is 0 Å². The van der Waals surface area contributed by atoms with E-state index in [1.165, 1.54) is 17.3 Å². The van der Waals surface area contributed by atoms with E-state index in [1.807, 2.05) is 38.1 Å². The van der Waals surface area contributed by atoms with Gasteiger partial charge in [0.1, 0.15) is 0 Å². The average molecular weight is 329 g/mol. The van der Waals surface area contributed by atoms with Crippen LogP contribution in [-0.2, 0) is 4.79 Å². The molecule has 1 amide bonds. The molecule has 1 N–H and O–H groups in total. The summed E-state index contributed by atoms with van der Waals surface area (Å²) < 4.78 is 0. The van der Waals surface area contributed by atoms with Gasteiger partial charge in [0.25, 0.3) is 0 Å². The average Bonchev–Trinajstić information content (AvgIpc) is 2.53. The fourth-order valence-electron chi connectivity index (χ4n) is 2.40. The number of thioether (sulfide) groups is 1. The van der Waals surface area contributed by atoms with Gasteiger partial charge in [-0.25, -0.2) is 9.97 Å². The molecular formula is C18H23N3OS. The number of hydrogen-bond acceptors (Lipinski definition) is 4. The maximum atomic E-state index is 12.1. The summed E-state index contributed by atoms with van der Waals surface area (Å²) >= 11 is 1.38. The second-order valence-electron chi connectivity index (χ2n) is 5.54. The predicted octanol–water partition coefficient (Wildman–Crippen LogP) is 3.50. The van der Waals surface area contributed by atoms with Gasteiger partial charge in [0, 0.05) is 23.9 Å². The van der Waals surface area contributed by atoms with Crippen molar-refractivity contribution in [3.63, 3.8) is 0 Å². The number of aryl methyl sites for hydroxylation is 2. The second kappa shape index (κ2) is 8.67. The predicted molar refractivity (Wildman–Crippen MR) is 94.7 cm³/mol. The SMILES string of the molecule is CCC(CNC(=O)CSc1nc(C)cc(C)n1)c1ccccc1. The molecule has 1 atom stereocenters. The summed E-state index contributed by atoms with van der Waals surface area (Å²) in [6.07, 6.45) is 0.998. The zero-order chi connectivity index (χ0) is 16.7. The highest BCUT2D eigenvalue weighted by Crippen LogP contribution is 2.18. The van der Waals surface area contributed by atoms with Gasteiger partial charge < -0.3 is 5.32 Å². The number of aromatic nitrogens is 2. The van der Waals surface area contributed by atoms with Crippen LogP contribution in [0.15, 0.2) is 41.6 Å². The van der Waals surface area contributed by atoms with E-state index in [1.54, 1.807) is 0 Å². The van der Waals surface area contributed by atoms with Gasteiger partial charge in [-0.1, -0.05) is 49.0 Å². The van der Waals surface area contributed by atoms with E-state index in [-0.39, 0.29) is 5.91 Å². The van der Waals surface area contributed by atoms with Crippen molar-refractivity contribution in [1.82, 2.24) is 15.3 Å². The first kappa shape index (κ1) is 17.5. The van der Waals surface area contributed by atoms with Crippen molar-refractivity contribution in [3.05, 3.63) is 53.3 Å². The van der Waals surface area contributed by atoms with Gasteiger partial charge in [0.05, 0.1) is 5.75 Å². The normalized spacial score (nSPS) is 12.0. The van der Waals surface area contributed by atoms with Crippen molar-refractivity contribution in [1.29, 1.82) is 0 Å². The minimum Gasteiger partial charge on any atom is -0.355 e. The van der Waals surface area contributed by atoms with Gasteiger partial charge in [-0.3, -0.25) is 4.79 Å². The Hall–Kier alpha value is -1.88. The van der Waals surface area contributed by atoms with Crippen LogP contribution in [0.2, 0.25) is 0 Å². The van der Waals surface area contributed by atoms with Crippen molar-refractivity contribution < 1.29 is 4.79 Å². The minimum absolute atomic E-state index is 0.0205. The van der Waals surface area contributed by atoms with E-state index in [4.69, 9.17) is 0 Å². The van der Waals surface area contributed by atoms with Gasteiger partial charge in [0.15, 0.2) is 5.16 Å². The molecule has 0 aliphatic carbocycles. The van der Waals surface area contributed by atoms with Crippen LogP contribution in [-0.4, -0.2) is 28.2 Å². The van der Waals surface area contributed by atoms with E-state index >= 15 is 0 Å². The highest BCUT2D eigenvalue weighted by Gasteiger charge is 2.11. The molecule has 2 aromatic rings. The van der Waals surface area contributed by atoms with Crippen molar-refractivity contribution >= 4 is 17.7 Å². The third kappa shape index (κ3) is 5.67. The molecule has 0 aliphatic rings. The second-order valence-corrected chi connectivity index (χ2v) is 6.48. The molecule has 0 fully saturated rings. The maximum Gasteiger partial charge on any atom is 0.230 e. The first-order valence-corrected chi connectivity index (χ1v) is 8.83. The molecule has 23 heavy (non-hydrogen) atoms.